The Hall–Kier alpha value is -1.03. The molecule has 0 aliphatic heterocycles. The van der Waals surface area contributed by atoms with E-state index in [1.54, 1.807) is 6.20 Å². The van der Waals surface area contributed by atoms with Crippen molar-refractivity contribution in [2.75, 3.05) is 12.0 Å². The van der Waals surface area contributed by atoms with Crippen LogP contribution in [0.5, 0.6) is 0 Å². The van der Waals surface area contributed by atoms with Crippen molar-refractivity contribution in [2.45, 2.75) is 6.54 Å². The highest BCUT2D eigenvalue weighted by atomic mass is 32.2. The highest BCUT2D eigenvalue weighted by molar-refractivity contribution is 7.98. The van der Waals surface area contributed by atoms with Crippen LogP contribution in [-0.4, -0.2) is 26.8 Å². The lowest BCUT2D eigenvalue weighted by Gasteiger charge is -1.99. The lowest BCUT2D eigenvalue weighted by atomic mass is 10.4. The van der Waals surface area contributed by atoms with Crippen LogP contribution in [0.25, 0.3) is 11.0 Å². The number of rotatable bonds is 3. The molecule has 0 N–H and O–H groups in total. The number of nitrogens with zero attached hydrogens (tertiary/aromatic N) is 3. The summed E-state index contributed by atoms with van der Waals surface area (Å²) in [6.07, 6.45) is 5.77. The monoisotopic (exact) mass is 193 g/mol. The van der Waals surface area contributed by atoms with Crippen molar-refractivity contribution in [1.82, 2.24) is 14.8 Å². The molecule has 2 aromatic heterocycles. The van der Waals surface area contributed by atoms with E-state index in [1.165, 1.54) is 0 Å². The molecular weight excluding hydrogens is 182 g/mol. The Labute approximate surface area is 81.2 Å². The van der Waals surface area contributed by atoms with E-state index in [2.05, 4.69) is 16.3 Å². The van der Waals surface area contributed by atoms with Crippen LogP contribution >= 0.6 is 11.8 Å². The highest BCUT2D eigenvalue weighted by Crippen LogP contribution is 2.09. The van der Waals surface area contributed by atoms with E-state index in [9.17, 15) is 0 Å². The summed E-state index contributed by atoms with van der Waals surface area (Å²) in [7, 11) is 0. The van der Waals surface area contributed by atoms with Gasteiger partial charge in [-0.15, -0.1) is 0 Å². The zero-order valence-corrected chi connectivity index (χ0v) is 8.29. The number of pyridine rings is 1. The summed E-state index contributed by atoms with van der Waals surface area (Å²) in [4.78, 5) is 4.29. The first-order valence-electron chi connectivity index (χ1n) is 4.17. The molecule has 2 rings (SSSR count). The molecule has 0 radical (unpaired) electrons. The molecule has 2 aromatic rings. The summed E-state index contributed by atoms with van der Waals surface area (Å²) in [5, 5.41) is 5.39. The molecule has 0 spiro atoms. The Morgan fingerprint density at radius 3 is 3.31 bits per heavy atom. The molecule has 0 amide bonds. The molecule has 0 aromatic carbocycles. The molecule has 0 unspecified atom stereocenters. The highest BCUT2D eigenvalue weighted by Gasteiger charge is 2.00. The van der Waals surface area contributed by atoms with Crippen molar-refractivity contribution in [3.05, 3.63) is 24.5 Å². The fraction of sp³-hybridized carbons (Fsp3) is 0.333. The average Bonchev–Trinajstić information content (AvgIpc) is 2.58. The minimum Gasteiger partial charge on any atom is -0.246 e. The van der Waals surface area contributed by atoms with E-state index in [-0.39, 0.29) is 0 Å². The summed E-state index contributed by atoms with van der Waals surface area (Å²) in [5.74, 6) is 1.08. The molecule has 3 nitrogen and oxygen atoms in total. The van der Waals surface area contributed by atoms with Gasteiger partial charge in [-0.25, -0.2) is 9.67 Å². The van der Waals surface area contributed by atoms with Crippen LogP contribution in [0.2, 0.25) is 0 Å². The third kappa shape index (κ3) is 1.67. The quantitative estimate of drug-likeness (QED) is 0.744. The normalized spacial score (nSPS) is 10.8. The van der Waals surface area contributed by atoms with Crippen LogP contribution in [0.1, 0.15) is 0 Å². The van der Waals surface area contributed by atoms with E-state index in [0.717, 1.165) is 23.3 Å². The van der Waals surface area contributed by atoms with Crippen LogP contribution in [0, 0.1) is 0 Å². The summed E-state index contributed by atoms with van der Waals surface area (Å²) >= 11 is 1.82. The number of aryl methyl sites for hydroxylation is 1. The Morgan fingerprint density at radius 1 is 1.54 bits per heavy atom. The van der Waals surface area contributed by atoms with Gasteiger partial charge in [-0.3, -0.25) is 0 Å². The molecule has 13 heavy (non-hydrogen) atoms. The number of hydrogen-bond acceptors (Lipinski definition) is 3. The zero-order chi connectivity index (χ0) is 9.10. The predicted molar refractivity (Wildman–Crippen MR) is 55.9 cm³/mol. The number of fused-ring (bicyclic) bond motifs is 1. The average molecular weight is 193 g/mol. The van der Waals surface area contributed by atoms with Gasteiger partial charge in [-0.2, -0.15) is 16.9 Å². The van der Waals surface area contributed by atoms with Crippen molar-refractivity contribution in [3.63, 3.8) is 0 Å². The summed E-state index contributed by atoms with van der Waals surface area (Å²) in [5.41, 5.74) is 0.983. The second kappa shape index (κ2) is 3.79. The Bertz CT molecular complexity index is 396. The van der Waals surface area contributed by atoms with Gasteiger partial charge in [0.1, 0.15) is 0 Å². The third-order valence-corrected chi connectivity index (χ3v) is 2.50. The smallest absolute Gasteiger partial charge is 0.157 e. The SMILES string of the molecule is CSCCn1ncc2cccnc21. The minimum atomic E-state index is 0.932. The topological polar surface area (TPSA) is 30.7 Å². The van der Waals surface area contributed by atoms with E-state index in [0.29, 0.717) is 0 Å². The van der Waals surface area contributed by atoms with Crippen molar-refractivity contribution < 1.29 is 0 Å². The first-order valence-corrected chi connectivity index (χ1v) is 5.56. The predicted octanol–water partition coefficient (Wildman–Crippen LogP) is 1.79. The van der Waals surface area contributed by atoms with Gasteiger partial charge in [0.25, 0.3) is 0 Å². The molecule has 0 saturated carbocycles. The molecule has 2 heterocycles. The fourth-order valence-electron chi connectivity index (χ4n) is 1.25. The van der Waals surface area contributed by atoms with Gasteiger partial charge in [-0.05, 0) is 18.4 Å². The van der Waals surface area contributed by atoms with E-state index >= 15 is 0 Å². The van der Waals surface area contributed by atoms with E-state index in [1.807, 2.05) is 34.8 Å². The van der Waals surface area contributed by atoms with Gasteiger partial charge in [0.15, 0.2) is 5.65 Å². The maximum Gasteiger partial charge on any atom is 0.157 e. The number of thioether (sulfide) groups is 1. The molecule has 4 heteroatoms. The third-order valence-electron chi connectivity index (χ3n) is 1.90. The lowest BCUT2D eigenvalue weighted by Crippen LogP contribution is -2.02. The molecule has 0 aliphatic carbocycles. The Balaban J connectivity index is 2.35. The second-order valence-electron chi connectivity index (χ2n) is 2.78. The fourth-order valence-corrected chi connectivity index (χ4v) is 1.61. The van der Waals surface area contributed by atoms with Crippen LogP contribution in [-0.2, 0) is 6.54 Å². The molecule has 0 bridgehead atoms. The van der Waals surface area contributed by atoms with Gasteiger partial charge < -0.3 is 0 Å². The van der Waals surface area contributed by atoms with Gasteiger partial charge >= 0.3 is 0 Å². The number of hydrogen-bond donors (Lipinski definition) is 0. The lowest BCUT2D eigenvalue weighted by molar-refractivity contribution is 0.684. The molecule has 0 fully saturated rings. The van der Waals surface area contributed by atoms with Crippen LogP contribution in [0.15, 0.2) is 24.5 Å². The second-order valence-corrected chi connectivity index (χ2v) is 3.76. The Kier molecular flexibility index (Phi) is 2.49. The molecular formula is C9H11N3S. The van der Waals surface area contributed by atoms with Crippen molar-refractivity contribution in [3.8, 4) is 0 Å². The van der Waals surface area contributed by atoms with E-state index in [4.69, 9.17) is 0 Å². The van der Waals surface area contributed by atoms with Gasteiger partial charge in [0, 0.05) is 17.3 Å². The maximum atomic E-state index is 4.29. The van der Waals surface area contributed by atoms with Crippen molar-refractivity contribution in [2.24, 2.45) is 0 Å². The minimum absolute atomic E-state index is 0.932. The summed E-state index contributed by atoms with van der Waals surface area (Å²) in [6.45, 7) is 0.932. The maximum absolute atomic E-state index is 4.29. The van der Waals surface area contributed by atoms with Crippen LogP contribution < -0.4 is 0 Å². The summed E-state index contributed by atoms with van der Waals surface area (Å²) in [6, 6.07) is 3.97. The van der Waals surface area contributed by atoms with Gasteiger partial charge in [0.05, 0.1) is 12.7 Å². The van der Waals surface area contributed by atoms with Gasteiger partial charge in [0.2, 0.25) is 0 Å². The van der Waals surface area contributed by atoms with Crippen molar-refractivity contribution in [1.29, 1.82) is 0 Å². The first kappa shape index (κ1) is 8.56. The molecule has 0 saturated heterocycles. The van der Waals surface area contributed by atoms with Crippen LogP contribution in [0.3, 0.4) is 0 Å². The van der Waals surface area contributed by atoms with Crippen LogP contribution in [0.4, 0.5) is 0 Å². The summed E-state index contributed by atoms with van der Waals surface area (Å²) < 4.78 is 1.95. The first-order chi connectivity index (χ1) is 6.42. The largest absolute Gasteiger partial charge is 0.246 e. The molecule has 0 aliphatic rings. The number of aromatic nitrogens is 3. The van der Waals surface area contributed by atoms with Gasteiger partial charge in [-0.1, -0.05) is 0 Å². The standard InChI is InChI=1S/C9H11N3S/c1-13-6-5-12-9-8(7-11-12)3-2-4-10-9/h2-4,7H,5-6H2,1H3. The van der Waals surface area contributed by atoms with E-state index < -0.39 is 0 Å². The molecule has 0 atom stereocenters. The Morgan fingerprint density at radius 2 is 2.46 bits per heavy atom. The molecule has 68 valence electrons. The zero-order valence-electron chi connectivity index (χ0n) is 7.47. The van der Waals surface area contributed by atoms with Crippen molar-refractivity contribution >= 4 is 22.8 Å².